The van der Waals surface area contributed by atoms with E-state index in [2.05, 4.69) is 10.6 Å². The van der Waals surface area contributed by atoms with Gasteiger partial charge in [0.05, 0.1) is 12.6 Å². The number of amides is 1. The molecule has 0 fully saturated rings. The summed E-state index contributed by atoms with van der Waals surface area (Å²) in [5.74, 6) is -1.05. The highest BCUT2D eigenvalue weighted by Crippen LogP contribution is 1.99. The van der Waals surface area contributed by atoms with E-state index in [-0.39, 0.29) is 11.9 Å². The molecule has 0 aliphatic carbocycles. The maximum Gasteiger partial charge on any atom is 0.331 e. The molecule has 6 nitrogen and oxygen atoms in total. The van der Waals surface area contributed by atoms with Gasteiger partial charge in [0.1, 0.15) is 0 Å². The lowest BCUT2D eigenvalue weighted by Crippen LogP contribution is -2.43. The molecule has 0 aliphatic heterocycles. The van der Waals surface area contributed by atoms with Gasteiger partial charge in [0.25, 0.3) is 0 Å². The first-order chi connectivity index (χ1) is 8.52. The molecule has 0 radical (unpaired) electrons. The first-order valence-corrected chi connectivity index (χ1v) is 5.95. The fourth-order valence-electron chi connectivity index (χ4n) is 1.26. The van der Waals surface area contributed by atoms with Crippen LogP contribution in [0.25, 0.3) is 0 Å². The molecule has 0 saturated heterocycles. The smallest absolute Gasteiger partial charge is 0.331 e. The molecule has 0 aliphatic rings. The van der Waals surface area contributed by atoms with Gasteiger partial charge in [-0.3, -0.25) is 4.79 Å². The van der Waals surface area contributed by atoms with Crippen molar-refractivity contribution < 1.29 is 19.4 Å². The molecule has 0 spiro atoms. The van der Waals surface area contributed by atoms with Gasteiger partial charge in [-0.05, 0) is 13.3 Å². The molecule has 0 rings (SSSR count). The van der Waals surface area contributed by atoms with Gasteiger partial charge in [0, 0.05) is 25.8 Å². The van der Waals surface area contributed by atoms with Crippen molar-refractivity contribution in [2.24, 2.45) is 0 Å². The number of hydrogen-bond acceptors (Lipinski definition) is 4. The van der Waals surface area contributed by atoms with E-state index < -0.39 is 5.97 Å². The molecule has 0 aromatic heterocycles. The van der Waals surface area contributed by atoms with E-state index in [1.807, 2.05) is 0 Å². The maximum atomic E-state index is 11.5. The van der Waals surface area contributed by atoms with Crippen molar-refractivity contribution in [3.63, 3.8) is 0 Å². The number of nitrogens with one attached hydrogen (secondary N) is 2. The zero-order valence-corrected chi connectivity index (χ0v) is 11.2. The Morgan fingerprint density at radius 2 is 2.11 bits per heavy atom. The Labute approximate surface area is 107 Å². The number of ether oxygens (including phenoxy) is 1. The summed E-state index contributed by atoms with van der Waals surface area (Å²) in [5, 5.41) is 14.4. The second kappa shape index (κ2) is 9.61. The third kappa shape index (κ3) is 7.03. The van der Waals surface area contributed by atoms with Gasteiger partial charge < -0.3 is 20.5 Å². The molecule has 0 saturated carbocycles. The van der Waals surface area contributed by atoms with Crippen molar-refractivity contribution in [2.45, 2.75) is 26.3 Å². The summed E-state index contributed by atoms with van der Waals surface area (Å²) >= 11 is 0. The Morgan fingerprint density at radius 3 is 2.61 bits per heavy atom. The minimum atomic E-state index is -0.920. The molecule has 3 N–H and O–H groups in total. The highest BCUT2D eigenvalue weighted by atomic mass is 16.5. The lowest BCUT2D eigenvalue weighted by Gasteiger charge is -2.12. The Balaban J connectivity index is 3.98. The van der Waals surface area contributed by atoms with Crippen molar-refractivity contribution in [1.82, 2.24) is 10.6 Å². The number of carbonyl (C=O) groups excluding carboxylic acids is 1. The first kappa shape index (κ1) is 16.6. The molecular weight excluding hydrogens is 236 g/mol. The second-order valence-corrected chi connectivity index (χ2v) is 3.80. The Morgan fingerprint density at radius 1 is 1.44 bits per heavy atom. The highest BCUT2D eigenvalue weighted by Gasteiger charge is 2.10. The van der Waals surface area contributed by atoms with Crippen LogP contribution in [-0.4, -0.2) is 49.8 Å². The number of carbonyl (C=O) groups is 2. The van der Waals surface area contributed by atoms with Crippen LogP contribution in [-0.2, 0) is 14.3 Å². The molecule has 0 bridgehead atoms. The minimum absolute atomic E-state index is 0.131. The molecule has 6 heteroatoms. The Hall–Kier alpha value is -1.40. The largest absolute Gasteiger partial charge is 0.478 e. The van der Waals surface area contributed by atoms with Crippen LogP contribution in [0.4, 0.5) is 0 Å². The zero-order chi connectivity index (χ0) is 14.0. The van der Waals surface area contributed by atoms with Crippen molar-refractivity contribution in [3.05, 3.63) is 11.6 Å². The lowest BCUT2D eigenvalue weighted by atomic mass is 10.2. The molecule has 18 heavy (non-hydrogen) atoms. The number of hydrogen-bond donors (Lipinski definition) is 3. The van der Waals surface area contributed by atoms with Gasteiger partial charge in [0.15, 0.2) is 0 Å². The van der Waals surface area contributed by atoms with Crippen LogP contribution >= 0.6 is 0 Å². The number of methoxy groups -OCH3 is 1. The average molecular weight is 258 g/mol. The summed E-state index contributed by atoms with van der Waals surface area (Å²) in [4.78, 5) is 22.3. The van der Waals surface area contributed by atoms with E-state index in [0.29, 0.717) is 31.7 Å². The van der Waals surface area contributed by atoms with Crippen LogP contribution in [0, 0.1) is 0 Å². The molecule has 1 atom stereocenters. The third-order valence-corrected chi connectivity index (χ3v) is 2.43. The van der Waals surface area contributed by atoms with E-state index >= 15 is 0 Å². The van der Waals surface area contributed by atoms with E-state index in [9.17, 15) is 9.59 Å². The standard InChI is InChI=1S/C12H22N2O4/c1-4-10(12(16)17)5-6-13-9(2)11(15)14-7-8-18-3/h5,9,13H,4,6-8H2,1-3H3,(H,14,15)(H,16,17). The summed E-state index contributed by atoms with van der Waals surface area (Å²) in [6.07, 6.45) is 2.05. The van der Waals surface area contributed by atoms with Crippen molar-refractivity contribution in [3.8, 4) is 0 Å². The molecule has 0 aromatic carbocycles. The number of carboxylic acids is 1. The monoisotopic (exact) mass is 258 g/mol. The van der Waals surface area contributed by atoms with Gasteiger partial charge in [-0.1, -0.05) is 13.0 Å². The van der Waals surface area contributed by atoms with E-state index in [4.69, 9.17) is 9.84 Å². The number of aliphatic carboxylic acids is 1. The fraction of sp³-hybridized carbons (Fsp3) is 0.667. The lowest BCUT2D eigenvalue weighted by molar-refractivity contribution is -0.132. The van der Waals surface area contributed by atoms with Crippen LogP contribution in [0.15, 0.2) is 11.6 Å². The summed E-state index contributed by atoms with van der Waals surface area (Å²) in [5.41, 5.74) is 0.342. The summed E-state index contributed by atoms with van der Waals surface area (Å²) in [6, 6.07) is -0.370. The van der Waals surface area contributed by atoms with Gasteiger partial charge in [-0.15, -0.1) is 0 Å². The molecule has 104 valence electrons. The maximum absolute atomic E-state index is 11.5. The fourth-order valence-corrected chi connectivity index (χ4v) is 1.26. The third-order valence-electron chi connectivity index (χ3n) is 2.43. The molecule has 0 heterocycles. The van der Waals surface area contributed by atoms with E-state index in [1.165, 1.54) is 0 Å². The zero-order valence-electron chi connectivity index (χ0n) is 11.2. The topological polar surface area (TPSA) is 87.7 Å². The summed E-state index contributed by atoms with van der Waals surface area (Å²) in [7, 11) is 1.57. The molecule has 1 unspecified atom stereocenters. The quantitative estimate of drug-likeness (QED) is 0.405. The minimum Gasteiger partial charge on any atom is -0.478 e. The van der Waals surface area contributed by atoms with Gasteiger partial charge in [-0.25, -0.2) is 4.79 Å². The van der Waals surface area contributed by atoms with Crippen LogP contribution in [0.2, 0.25) is 0 Å². The first-order valence-electron chi connectivity index (χ1n) is 5.95. The second-order valence-electron chi connectivity index (χ2n) is 3.80. The van der Waals surface area contributed by atoms with Gasteiger partial charge in [-0.2, -0.15) is 0 Å². The normalized spacial score (nSPS) is 13.2. The number of rotatable bonds is 9. The van der Waals surface area contributed by atoms with Gasteiger partial charge >= 0.3 is 5.97 Å². The Bertz CT molecular complexity index is 302. The van der Waals surface area contributed by atoms with Crippen molar-refractivity contribution in [2.75, 3.05) is 26.8 Å². The van der Waals surface area contributed by atoms with Crippen molar-refractivity contribution in [1.29, 1.82) is 0 Å². The van der Waals surface area contributed by atoms with Crippen LogP contribution in [0.5, 0.6) is 0 Å². The van der Waals surface area contributed by atoms with Crippen LogP contribution in [0.1, 0.15) is 20.3 Å². The summed E-state index contributed by atoms with van der Waals surface area (Å²) in [6.45, 7) is 4.79. The number of carboxylic acid groups (broad SMARTS) is 1. The van der Waals surface area contributed by atoms with Crippen molar-refractivity contribution >= 4 is 11.9 Å². The van der Waals surface area contributed by atoms with Crippen LogP contribution in [0.3, 0.4) is 0 Å². The van der Waals surface area contributed by atoms with E-state index in [0.717, 1.165) is 0 Å². The SMILES string of the molecule is CCC(=CCNC(C)C(=O)NCCOC)C(=O)O. The van der Waals surface area contributed by atoms with Gasteiger partial charge in [0.2, 0.25) is 5.91 Å². The molecule has 1 amide bonds. The predicted octanol–water partition coefficient (Wildman–Crippen LogP) is 0.148. The predicted molar refractivity (Wildman–Crippen MR) is 68.4 cm³/mol. The average Bonchev–Trinajstić information content (AvgIpc) is 2.34. The highest BCUT2D eigenvalue weighted by molar-refractivity contribution is 5.86. The molecular formula is C12H22N2O4. The summed E-state index contributed by atoms with van der Waals surface area (Å²) < 4.78 is 4.82. The molecule has 0 aromatic rings. The Kier molecular flexibility index (Phi) is 8.86. The van der Waals surface area contributed by atoms with Crippen LogP contribution < -0.4 is 10.6 Å². The van der Waals surface area contributed by atoms with E-state index in [1.54, 1.807) is 27.0 Å².